The van der Waals surface area contributed by atoms with Crippen LogP contribution in [0.1, 0.15) is 6.92 Å². The SMILES string of the molecule is CC(CP(c1ccccc1)c1ccccc1)CP(c1ccccc1)c1ccccc1. The molecule has 0 aliphatic rings. The molecule has 30 heavy (non-hydrogen) atoms. The van der Waals surface area contributed by atoms with Crippen molar-refractivity contribution in [2.24, 2.45) is 5.92 Å². The van der Waals surface area contributed by atoms with Gasteiger partial charge in [-0.25, -0.2) is 0 Å². The fourth-order valence-electron chi connectivity index (χ4n) is 3.83. The molecule has 0 radical (unpaired) electrons. The third-order valence-corrected chi connectivity index (χ3v) is 10.9. The summed E-state index contributed by atoms with van der Waals surface area (Å²) >= 11 is 0. The van der Waals surface area contributed by atoms with Gasteiger partial charge in [0.05, 0.1) is 0 Å². The monoisotopic (exact) mass is 426 g/mol. The van der Waals surface area contributed by atoms with Crippen molar-refractivity contribution >= 4 is 37.1 Å². The van der Waals surface area contributed by atoms with Crippen molar-refractivity contribution in [2.75, 3.05) is 12.3 Å². The molecular formula is C28H28P2. The van der Waals surface area contributed by atoms with Gasteiger partial charge in [0.25, 0.3) is 0 Å². The van der Waals surface area contributed by atoms with Gasteiger partial charge in [-0.2, -0.15) is 0 Å². The summed E-state index contributed by atoms with van der Waals surface area (Å²) in [7, 11) is -0.697. The second kappa shape index (κ2) is 10.7. The third-order valence-electron chi connectivity index (χ3n) is 5.26. The lowest BCUT2D eigenvalue weighted by Crippen LogP contribution is -2.22. The van der Waals surface area contributed by atoms with Crippen LogP contribution in [-0.2, 0) is 0 Å². The Labute approximate surface area is 183 Å². The van der Waals surface area contributed by atoms with Crippen LogP contribution in [-0.4, -0.2) is 12.3 Å². The van der Waals surface area contributed by atoms with Gasteiger partial charge in [0.15, 0.2) is 0 Å². The van der Waals surface area contributed by atoms with E-state index in [0.717, 1.165) is 0 Å². The van der Waals surface area contributed by atoms with E-state index in [1.165, 1.54) is 33.5 Å². The predicted molar refractivity (Wildman–Crippen MR) is 137 cm³/mol. The molecule has 0 unspecified atom stereocenters. The summed E-state index contributed by atoms with van der Waals surface area (Å²) in [6.07, 6.45) is 2.45. The van der Waals surface area contributed by atoms with Gasteiger partial charge in [0.2, 0.25) is 0 Å². The van der Waals surface area contributed by atoms with Crippen molar-refractivity contribution in [3.63, 3.8) is 0 Å². The van der Waals surface area contributed by atoms with Crippen LogP contribution in [0.15, 0.2) is 121 Å². The van der Waals surface area contributed by atoms with Crippen LogP contribution < -0.4 is 21.2 Å². The fourth-order valence-corrected chi connectivity index (χ4v) is 9.11. The summed E-state index contributed by atoms with van der Waals surface area (Å²) in [6.45, 7) is 2.45. The van der Waals surface area contributed by atoms with E-state index in [1.807, 2.05) is 0 Å². The minimum absolute atomic E-state index is 0.348. The molecule has 4 rings (SSSR count). The Hall–Kier alpha value is -2.26. The topological polar surface area (TPSA) is 0 Å². The molecule has 0 saturated heterocycles. The van der Waals surface area contributed by atoms with Gasteiger partial charge < -0.3 is 0 Å². The van der Waals surface area contributed by atoms with E-state index < -0.39 is 0 Å². The number of rotatable bonds is 8. The second-order valence-corrected chi connectivity index (χ2v) is 12.2. The largest absolute Gasteiger partial charge is 0.0622 e. The first-order chi connectivity index (χ1) is 14.8. The quantitative estimate of drug-likeness (QED) is 0.308. The van der Waals surface area contributed by atoms with E-state index in [0.29, 0.717) is 5.92 Å². The molecule has 0 bridgehead atoms. The molecule has 0 aliphatic carbocycles. The standard InChI is InChI=1S/C28H28P2/c1-24(22-29(25-14-6-2-7-15-25)26-16-8-3-9-17-26)23-30(27-18-10-4-11-19-27)28-20-12-5-13-21-28/h2-21,24H,22-23H2,1H3. The molecule has 0 heterocycles. The third kappa shape index (κ3) is 5.46. The summed E-state index contributed by atoms with van der Waals surface area (Å²) in [4.78, 5) is 0. The Morgan fingerprint density at radius 3 is 0.900 bits per heavy atom. The van der Waals surface area contributed by atoms with Crippen molar-refractivity contribution in [1.29, 1.82) is 0 Å². The number of hydrogen-bond donors (Lipinski definition) is 0. The molecule has 0 saturated carbocycles. The van der Waals surface area contributed by atoms with Crippen molar-refractivity contribution < 1.29 is 0 Å². The van der Waals surface area contributed by atoms with Crippen molar-refractivity contribution in [3.05, 3.63) is 121 Å². The second-order valence-electron chi connectivity index (χ2n) is 7.67. The molecule has 4 aromatic carbocycles. The van der Waals surface area contributed by atoms with Gasteiger partial charge in [-0.05, 0) is 55.3 Å². The lowest BCUT2D eigenvalue weighted by atomic mass is 10.3. The zero-order valence-electron chi connectivity index (χ0n) is 17.4. The molecule has 2 heteroatoms. The zero-order valence-corrected chi connectivity index (χ0v) is 19.2. The summed E-state index contributed by atoms with van der Waals surface area (Å²) in [5.41, 5.74) is 0. The molecule has 150 valence electrons. The molecule has 0 spiro atoms. The Balaban J connectivity index is 1.59. The maximum absolute atomic E-state index is 2.45. The van der Waals surface area contributed by atoms with Crippen LogP contribution in [0.2, 0.25) is 0 Å². The summed E-state index contributed by atoms with van der Waals surface area (Å²) in [6, 6.07) is 44.4. The van der Waals surface area contributed by atoms with E-state index in [1.54, 1.807) is 0 Å². The van der Waals surface area contributed by atoms with Crippen LogP contribution in [0.3, 0.4) is 0 Å². The zero-order chi connectivity index (χ0) is 20.6. The Kier molecular flexibility index (Phi) is 7.47. The predicted octanol–water partition coefficient (Wildman–Crippen LogP) is 5.89. The molecular weight excluding hydrogens is 398 g/mol. The fraction of sp³-hybridized carbons (Fsp3) is 0.143. The minimum Gasteiger partial charge on any atom is -0.0622 e. The van der Waals surface area contributed by atoms with Crippen LogP contribution >= 0.6 is 15.8 Å². The average molecular weight is 426 g/mol. The van der Waals surface area contributed by atoms with Crippen molar-refractivity contribution in [2.45, 2.75) is 6.92 Å². The molecule has 0 amide bonds. The Morgan fingerprint density at radius 2 is 0.667 bits per heavy atom. The Morgan fingerprint density at radius 1 is 0.433 bits per heavy atom. The first kappa shape index (κ1) is 21.0. The van der Waals surface area contributed by atoms with Gasteiger partial charge in [-0.1, -0.05) is 128 Å². The average Bonchev–Trinajstić information content (AvgIpc) is 2.83. The highest BCUT2D eigenvalue weighted by molar-refractivity contribution is 7.74. The van der Waals surface area contributed by atoms with Crippen LogP contribution in [0.25, 0.3) is 0 Å². The molecule has 0 aliphatic heterocycles. The highest BCUT2D eigenvalue weighted by Crippen LogP contribution is 2.41. The number of benzene rings is 4. The van der Waals surface area contributed by atoms with Crippen molar-refractivity contribution in [3.8, 4) is 0 Å². The van der Waals surface area contributed by atoms with Crippen LogP contribution in [0.5, 0.6) is 0 Å². The first-order valence-corrected chi connectivity index (χ1v) is 13.6. The lowest BCUT2D eigenvalue weighted by Gasteiger charge is -2.27. The molecule has 0 N–H and O–H groups in total. The van der Waals surface area contributed by atoms with Gasteiger partial charge in [-0.3, -0.25) is 0 Å². The van der Waals surface area contributed by atoms with Gasteiger partial charge in [-0.15, -0.1) is 0 Å². The maximum atomic E-state index is 2.45. The maximum Gasteiger partial charge on any atom is -0.0195 e. The highest BCUT2D eigenvalue weighted by Gasteiger charge is 2.21. The summed E-state index contributed by atoms with van der Waals surface area (Å²) in [5.74, 6) is 0.642. The molecule has 0 aromatic heterocycles. The highest BCUT2D eigenvalue weighted by atomic mass is 31.1. The normalized spacial score (nSPS) is 11.3. The molecule has 0 atom stereocenters. The smallest absolute Gasteiger partial charge is 0.0195 e. The molecule has 4 aromatic rings. The van der Waals surface area contributed by atoms with E-state index in [9.17, 15) is 0 Å². The van der Waals surface area contributed by atoms with Crippen molar-refractivity contribution in [1.82, 2.24) is 0 Å². The van der Waals surface area contributed by atoms with Crippen LogP contribution in [0, 0.1) is 5.92 Å². The van der Waals surface area contributed by atoms with Gasteiger partial charge in [0, 0.05) is 0 Å². The van der Waals surface area contributed by atoms with Gasteiger partial charge >= 0.3 is 0 Å². The van der Waals surface area contributed by atoms with Gasteiger partial charge in [0.1, 0.15) is 0 Å². The molecule has 0 nitrogen and oxygen atoms in total. The summed E-state index contributed by atoms with van der Waals surface area (Å²) < 4.78 is 0. The lowest BCUT2D eigenvalue weighted by molar-refractivity contribution is 0.758. The number of hydrogen-bond acceptors (Lipinski definition) is 0. The minimum atomic E-state index is -0.348. The van der Waals surface area contributed by atoms with E-state index in [-0.39, 0.29) is 15.8 Å². The van der Waals surface area contributed by atoms with Crippen LogP contribution in [0.4, 0.5) is 0 Å². The first-order valence-electron chi connectivity index (χ1n) is 10.6. The van der Waals surface area contributed by atoms with E-state index in [2.05, 4.69) is 128 Å². The Bertz CT molecular complexity index is 837. The van der Waals surface area contributed by atoms with E-state index in [4.69, 9.17) is 0 Å². The molecule has 0 fully saturated rings. The van der Waals surface area contributed by atoms with E-state index >= 15 is 0 Å². The summed E-state index contributed by atoms with van der Waals surface area (Å²) in [5, 5.41) is 5.92.